The first-order valence-corrected chi connectivity index (χ1v) is 11.0. The maximum absolute atomic E-state index is 4.38. The molecule has 0 spiro atoms. The quantitative estimate of drug-likeness (QED) is 0.375. The summed E-state index contributed by atoms with van der Waals surface area (Å²) in [7, 11) is 0. The molecule has 23 heavy (non-hydrogen) atoms. The molecule has 0 amide bonds. The van der Waals surface area contributed by atoms with E-state index in [2.05, 4.69) is 31.2 Å². The van der Waals surface area contributed by atoms with E-state index >= 15 is 0 Å². The van der Waals surface area contributed by atoms with Gasteiger partial charge in [-0.1, -0.05) is 39.0 Å². The molecule has 0 aliphatic rings. The summed E-state index contributed by atoms with van der Waals surface area (Å²) < 4.78 is 5.74. The first-order chi connectivity index (χ1) is 11.2. The van der Waals surface area contributed by atoms with Crippen LogP contribution in [0.15, 0.2) is 12.3 Å². The Morgan fingerprint density at radius 3 is 2.57 bits per heavy atom. The molecule has 0 unspecified atom stereocenters. The zero-order chi connectivity index (χ0) is 16.2. The van der Waals surface area contributed by atoms with E-state index in [9.17, 15) is 0 Å². The number of unbranched alkanes of at least 4 members (excludes halogenated alkanes) is 5. The maximum Gasteiger partial charge on any atom is 0.0693 e. The number of fused-ring (bicyclic) bond motifs is 1. The molecule has 0 aliphatic carbocycles. The Kier molecular flexibility index (Phi) is 5.89. The highest BCUT2D eigenvalue weighted by molar-refractivity contribution is 7.26. The number of aryl methyl sites for hydroxylation is 3. The van der Waals surface area contributed by atoms with Crippen molar-refractivity contribution in [1.82, 2.24) is 4.37 Å². The topological polar surface area (TPSA) is 12.9 Å². The van der Waals surface area contributed by atoms with Crippen LogP contribution in [0.25, 0.3) is 19.8 Å². The van der Waals surface area contributed by atoms with Crippen molar-refractivity contribution >= 4 is 44.3 Å². The summed E-state index contributed by atoms with van der Waals surface area (Å²) in [6.45, 7) is 6.78. The molecule has 124 valence electrons. The van der Waals surface area contributed by atoms with Crippen molar-refractivity contribution in [3.05, 3.63) is 27.6 Å². The number of hydrogen-bond donors (Lipinski definition) is 0. The molecule has 0 saturated carbocycles. The molecule has 3 aromatic rings. The predicted molar refractivity (Wildman–Crippen MR) is 107 cm³/mol. The Morgan fingerprint density at radius 2 is 1.74 bits per heavy atom. The van der Waals surface area contributed by atoms with Crippen LogP contribution < -0.4 is 0 Å². The fraction of sp³-hybridized carbons (Fsp3) is 0.526. The van der Waals surface area contributed by atoms with Gasteiger partial charge in [0, 0.05) is 20.0 Å². The Labute approximate surface area is 151 Å². The van der Waals surface area contributed by atoms with E-state index in [-0.39, 0.29) is 0 Å². The fourth-order valence-electron chi connectivity index (χ4n) is 3.07. The third-order valence-electron chi connectivity index (χ3n) is 4.43. The first kappa shape index (κ1) is 17.1. The maximum atomic E-state index is 4.38. The van der Waals surface area contributed by atoms with E-state index in [0.29, 0.717) is 0 Å². The molecule has 4 heteroatoms. The van der Waals surface area contributed by atoms with Gasteiger partial charge in [0.15, 0.2) is 0 Å². The molecule has 0 N–H and O–H groups in total. The van der Waals surface area contributed by atoms with Crippen molar-refractivity contribution < 1.29 is 0 Å². The molecule has 0 bridgehead atoms. The van der Waals surface area contributed by atoms with Crippen molar-refractivity contribution in [2.45, 2.75) is 65.7 Å². The number of rotatable bonds is 8. The Bertz CT molecular complexity index is 763. The zero-order valence-electron chi connectivity index (χ0n) is 14.3. The molecule has 0 saturated heterocycles. The molecule has 3 aromatic heterocycles. The van der Waals surface area contributed by atoms with Crippen LogP contribution in [-0.2, 0) is 6.42 Å². The summed E-state index contributed by atoms with van der Waals surface area (Å²) in [4.78, 5) is 5.76. The average molecular weight is 364 g/mol. The van der Waals surface area contributed by atoms with Gasteiger partial charge in [-0.2, -0.15) is 4.37 Å². The molecule has 3 heterocycles. The molecular weight excluding hydrogens is 338 g/mol. The molecule has 0 aliphatic heterocycles. The van der Waals surface area contributed by atoms with Crippen LogP contribution in [0.2, 0.25) is 0 Å². The van der Waals surface area contributed by atoms with Crippen LogP contribution >= 0.6 is 34.2 Å². The van der Waals surface area contributed by atoms with Gasteiger partial charge in [-0.3, -0.25) is 0 Å². The van der Waals surface area contributed by atoms with E-state index in [4.69, 9.17) is 0 Å². The predicted octanol–water partition coefficient (Wildman–Crippen LogP) is 7.61. The lowest BCUT2D eigenvalue weighted by atomic mass is 10.1. The highest BCUT2D eigenvalue weighted by Gasteiger charge is 2.15. The number of hydrogen-bond acceptors (Lipinski definition) is 4. The van der Waals surface area contributed by atoms with Crippen molar-refractivity contribution in [3.8, 4) is 9.75 Å². The van der Waals surface area contributed by atoms with Crippen LogP contribution in [0.4, 0.5) is 0 Å². The number of thiophene rings is 2. The van der Waals surface area contributed by atoms with Gasteiger partial charge in [0.2, 0.25) is 0 Å². The van der Waals surface area contributed by atoms with Crippen molar-refractivity contribution in [3.63, 3.8) is 0 Å². The summed E-state index contributed by atoms with van der Waals surface area (Å²) in [6, 6.07) is 2.44. The number of nitrogens with zero attached hydrogens (tertiary/aromatic N) is 1. The molecule has 1 nitrogen and oxygen atoms in total. The highest BCUT2D eigenvalue weighted by atomic mass is 32.1. The van der Waals surface area contributed by atoms with E-state index < -0.39 is 0 Å². The van der Waals surface area contributed by atoms with Crippen LogP contribution in [0.3, 0.4) is 0 Å². The molecule has 0 fully saturated rings. The van der Waals surface area contributed by atoms with Gasteiger partial charge in [-0.15, -0.1) is 22.7 Å². The monoisotopic (exact) mass is 363 g/mol. The average Bonchev–Trinajstić information content (AvgIpc) is 3.21. The summed E-state index contributed by atoms with van der Waals surface area (Å²) in [5, 5.41) is 1.35. The second-order valence-corrected chi connectivity index (χ2v) is 9.55. The van der Waals surface area contributed by atoms with Crippen LogP contribution in [0, 0.1) is 13.8 Å². The van der Waals surface area contributed by atoms with Gasteiger partial charge in [-0.25, -0.2) is 0 Å². The molecule has 0 aromatic carbocycles. The minimum Gasteiger partial charge on any atom is -0.200 e. The SMILES string of the molecule is CCCCCCCCc1cc(-c2sc(C)c3sncc23)sc1C. The minimum absolute atomic E-state index is 1.24. The summed E-state index contributed by atoms with van der Waals surface area (Å²) in [5.41, 5.74) is 1.56. The highest BCUT2D eigenvalue weighted by Crippen LogP contribution is 2.43. The third-order valence-corrected chi connectivity index (χ3v) is 7.88. The van der Waals surface area contributed by atoms with Gasteiger partial charge in [0.25, 0.3) is 0 Å². The lowest BCUT2D eigenvalue weighted by Gasteiger charge is -2.00. The van der Waals surface area contributed by atoms with Gasteiger partial charge < -0.3 is 0 Å². The second-order valence-electron chi connectivity index (χ2n) is 6.27. The fourth-order valence-corrected chi connectivity index (χ4v) is 6.22. The Hall–Kier alpha value is -0.710. The van der Waals surface area contributed by atoms with Crippen LogP contribution in [-0.4, -0.2) is 4.37 Å². The van der Waals surface area contributed by atoms with Crippen LogP contribution in [0.5, 0.6) is 0 Å². The Balaban J connectivity index is 1.67. The molecule has 0 radical (unpaired) electrons. The standard InChI is InChI=1S/C19H25NS3/c1-4-5-6-7-8-9-10-15-11-17(21-13(15)2)19-16-12-20-23-18(16)14(3)22-19/h11-12H,4-10H2,1-3H3. The summed E-state index contributed by atoms with van der Waals surface area (Å²) in [6.07, 6.45) is 11.5. The Morgan fingerprint density at radius 1 is 0.957 bits per heavy atom. The zero-order valence-corrected chi connectivity index (χ0v) is 16.7. The van der Waals surface area contributed by atoms with Crippen molar-refractivity contribution in [1.29, 1.82) is 0 Å². The van der Waals surface area contributed by atoms with E-state index in [1.54, 1.807) is 17.1 Å². The van der Waals surface area contributed by atoms with Crippen molar-refractivity contribution in [2.24, 2.45) is 0 Å². The lowest BCUT2D eigenvalue weighted by molar-refractivity contribution is 0.607. The smallest absolute Gasteiger partial charge is 0.0693 e. The normalized spacial score (nSPS) is 11.6. The molecule has 3 rings (SSSR count). The lowest BCUT2D eigenvalue weighted by Crippen LogP contribution is -1.85. The molecule has 0 atom stereocenters. The number of aromatic nitrogens is 1. The second kappa shape index (κ2) is 7.91. The van der Waals surface area contributed by atoms with Gasteiger partial charge in [-0.05, 0) is 49.9 Å². The van der Waals surface area contributed by atoms with E-state index in [1.165, 1.54) is 74.5 Å². The van der Waals surface area contributed by atoms with E-state index in [1.807, 2.05) is 28.9 Å². The summed E-state index contributed by atoms with van der Waals surface area (Å²) >= 11 is 5.51. The third kappa shape index (κ3) is 3.86. The van der Waals surface area contributed by atoms with Gasteiger partial charge in [0.05, 0.1) is 15.8 Å². The van der Waals surface area contributed by atoms with Crippen molar-refractivity contribution in [2.75, 3.05) is 0 Å². The van der Waals surface area contributed by atoms with E-state index in [0.717, 1.165) is 0 Å². The summed E-state index contributed by atoms with van der Waals surface area (Å²) in [5.74, 6) is 0. The first-order valence-electron chi connectivity index (χ1n) is 8.64. The van der Waals surface area contributed by atoms with Gasteiger partial charge in [0.1, 0.15) is 0 Å². The molecular formula is C19H25NS3. The van der Waals surface area contributed by atoms with Gasteiger partial charge >= 0.3 is 0 Å². The van der Waals surface area contributed by atoms with Crippen LogP contribution in [0.1, 0.15) is 60.8 Å². The largest absolute Gasteiger partial charge is 0.200 e. The minimum atomic E-state index is 1.24.